The Morgan fingerprint density at radius 1 is 1.03 bits per heavy atom. The molecule has 0 bridgehead atoms. The van der Waals surface area contributed by atoms with Crippen molar-refractivity contribution in [3.05, 3.63) is 35.8 Å². The maximum atomic E-state index is 14.3. The monoisotopic (exact) mass is 525 g/mol. The van der Waals surface area contributed by atoms with E-state index in [0.29, 0.717) is 61.7 Å². The van der Waals surface area contributed by atoms with E-state index < -0.39 is 33.2 Å². The van der Waals surface area contributed by atoms with Gasteiger partial charge in [0.2, 0.25) is 21.9 Å². The smallest absolute Gasteiger partial charge is 0.224 e. The summed E-state index contributed by atoms with van der Waals surface area (Å²) in [6, 6.07) is 0.986. The minimum atomic E-state index is -3.25. The van der Waals surface area contributed by atoms with Crippen molar-refractivity contribution in [1.29, 1.82) is 0 Å². The van der Waals surface area contributed by atoms with Crippen molar-refractivity contribution in [2.75, 3.05) is 30.1 Å². The summed E-state index contributed by atoms with van der Waals surface area (Å²) < 4.78 is 74.9. The van der Waals surface area contributed by atoms with Gasteiger partial charge in [-0.25, -0.2) is 36.3 Å². The van der Waals surface area contributed by atoms with Crippen molar-refractivity contribution in [3.8, 4) is 0 Å². The molecule has 1 aliphatic carbocycles. The molecule has 1 unspecified atom stereocenters. The van der Waals surface area contributed by atoms with Crippen LogP contribution in [-0.4, -0.2) is 59.5 Å². The van der Waals surface area contributed by atoms with Crippen LogP contribution < -0.4 is 15.4 Å². The molecule has 2 aliphatic rings. The average molecular weight is 526 g/mol. The fraction of sp³-hybridized carbons (Fsp3) is 0.500. The molecule has 2 aromatic heterocycles. The van der Waals surface area contributed by atoms with Gasteiger partial charge < -0.3 is 15.4 Å². The van der Waals surface area contributed by atoms with E-state index in [0.717, 1.165) is 19.1 Å². The van der Waals surface area contributed by atoms with Gasteiger partial charge in [-0.3, -0.25) is 4.57 Å². The Morgan fingerprint density at radius 3 is 2.36 bits per heavy atom. The Labute approximate surface area is 205 Å². The van der Waals surface area contributed by atoms with Crippen molar-refractivity contribution < 1.29 is 26.3 Å². The summed E-state index contributed by atoms with van der Waals surface area (Å²) in [5.74, 6) is -2.67. The highest BCUT2D eigenvalue weighted by molar-refractivity contribution is 7.88. The summed E-state index contributed by atoms with van der Waals surface area (Å²) in [6.07, 6.45) is 6.18. The molecule has 5 rings (SSSR count). The van der Waals surface area contributed by atoms with Crippen LogP contribution in [0.1, 0.15) is 38.1 Å². The number of anilines is 3. The molecule has 3 heterocycles. The molecular formula is C22H26F3N7O3S. The SMILES string of the molecule is CS(=O)(=O)NC1CCC(Nc2ncc3nc(Nc4c(F)cc(F)cc4F)n(C4CCOC4)c3n2)CC1. The number of nitrogens with one attached hydrogen (secondary N) is 3. The molecule has 1 saturated carbocycles. The van der Waals surface area contributed by atoms with E-state index >= 15 is 0 Å². The predicted octanol–water partition coefficient (Wildman–Crippen LogP) is 3.22. The van der Waals surface area contributed by atoms with Crippen LogP contribution >= 0.6 is 0 Å². The van der Waals surface area contributed by atoms with Gasteiger partial charge in [0, 0.05) is 30.8 Å². The summed E-state index contributed by atoms with van der Waals surface area (Å²) in [5.41, 5.74) is 0.359. The molecule has 1 aliphatic heterocycles. The third kappa shape index (κ3) is 5.39. The second-order valence-electron chi connectivity index (χ2n) is 9.18. The van der Waals surface area contributed by atoms with Crippen LogP contribution in [0.2, 0.25) is 0 Å². The highest BCUT2D eigenvalue weighted by Crippen LogP contribution is 2.32. The summed E-state index contributed by atoms with van der Waals surface area (Å²) in [7, 11) is -3.25. The normalized spacial score (nSPS) is 22.7. The first kappa shape index (κ1) is 24.7. The van der Waals surface area contributed by atoms with Gasteiger partial charge in [-0.1, -0.05) is 0 Å². The predicted molar refractivity (Wildman–Crippen MR) is 127 cm³/mol. The van der Waals surface area contributed by atoms with E-state index in [1.54, 1.807) is 4.57 Å². The number of imidazole rings is 1. The van der Waals surface area contributed by atoms with Crippen molar-refractivity contribution in [2.24, 2.45) is 0 Å². The molecule has 14 heteroatoms. The van der Waals surface area contributed by atoms with E-state index in [4.69, 9.17) is 4.74 Å². The van der Waals surface area contributed by atoms with Gasteiger partial charge in [0.05, 0.1) is 25.1 Å². The summed E-state index contributed by atoms with van der Waals surface area (Å²) in [5, 5.41) is 5.97. The number of benzene rings is 1. The first-order valence-electron chi connectivity index (χ1n) is 11.6. The lowest BCUT2D eigenvalue weighted by Crippen LogP contribution is -2.39. The number of aromatic nitrogens is 4. The van der Waals surface area contributed by atoms with Crippen molar-refractivity contribution in [2.45, 2.75) is 50.2 Å². The van der Waals surface area contributed by atoms with Gasteiger partial charge >= 0.3 is 0 Å². The molecule has 2 fully saturated rings. The maximum Gasteiger partial charge on any atom is 0.224 e. The van der Waals surface area contributed by atoms with E-state index in [-0.39, 0.29) is 24.1 Å². The fourth-order valence-corrected chi connectivity index (χ4v) is 5.58. The zero-order chi connectivity index (χ0) is 25.4. The zero-order valence-corrected chi connectivity index (χ0v) is 20.3. The third-order valence-corrected chi connectivity index (χ3v) is 7.15. The lowest BCUT2D eigenvalue weighted by atomic mass is 9.92. The topological polar surface area (TPSA) is 123 Å². The van der Waals surface area contributed by atoms with Crippen LogP contribution in [0.15, 0.2) is 18.3 Å². The van der Waals surface area contributed by atoms with E-state index in [2.05, 4.69) is 30.3 Å². The number of nitrogens with zero attached hydrogens (tertiary/aromatic N) is 4. The lowest BCUT2D eigenvalue weighted by Gasteiger charge is -2.29. The van der Waals surface area contributed by atoms with Crippen LogP contribution in [0, 0.1) is 17.5 Å². The number of fused-ring (bicyclic) bond motifs is 1. The van der Waals surface area contributed by atoms with E-state index in [9.17, 15) is 21.6 Å². The second-order valence-corrected chi connectivity index (χ2v) is 11.0. The number of halogens is 3. The van der Waals surface area contributed by atoms with Gasteiger partial charge in [0.1, 0.15) is 17.0 Å². The largest absolute Gasteiger partial charge is 0.379 e. The quantitative estimate of drug-likeness (QED) is 0.430. The molecule has 3 N–H and O–H groups in total. The highest BCUT2D eigenvalue weighted by Gasteiger charge is 2.27. The maximum absolute atomic E-state index is 14.3. The number of hydrogen-bond donors (Lipinski definition) is 3. The number of hydrogen-bond acceptors (Lipinski definition) is 8. The van der Waals surface area contributed by atoms with Gasteiger partial charge in [0.15, 0.2) is 17.3 Å². The van der Waals surface area contributed by atoms with E-state index in [1.807, 2.05) is 0 Å². The first-order valence-corrected chi connectivity index (χ1v) is 13.5. The molecule has 36 heavy (non-hydrogen) atoms. The van der Waals surface area contributed by atoms with Gasteiger partial charge in [-0.15, -0.1) is 0 Å². The highest BCUT2D eigenvalue weighted by atomic mass is 32.2. The Bertz CT molecular complexity index is 1350. The molecule has 0 spiro atoms. The summed E-state index contributed by atoms with van der Waals surface area (Å²) in [6.45, 7) is 0.892. The number of rotatable bonds is 7. The van der Waals surface area contributed by atoms with Gasteiger partial charge in [-0.05, 0) is 32.1 Å². The van der Waals surface area contributed by atoms with Crippen LogP contribution in [0.4, 0.5) is 30.8 Å². The summed E-state index contributed by atoms with van der Waals surface area (Å²) >= 11 is 0. The van der Waals surface area contributed by atoms with Crippen molar-refractivity contribution >= 4 is 38.8 Å². The molecule has 3 aromatic rings. The Morgan fingerprint density at radius 2 is 1.72 bits per heavy atom. The molecule has 0 amide bonds. The molecule has 0 radical (unpaired) electrons. The Hall–Kier alpha value is -2.97. The van der Waals surface area contributed by atoms with Crippen molar-refractivity contribution in [1.82, 2.24) is 24.2 Å². The lowest BCUT2D eigenvalue weighted by molar-refractivity contribution is 0.187. The second kappa shape index (κ2) is 9.82. The average Bonchev–Trinajstić information content (AvgIpc) is 3.44. The third-order valence-electron chi connectivity index (χ3n) is 6.39. The number of sulfonamides is 1. The van der Waals surface area contributed by atoms with Gasteiger partial charge in [0.25, 0.3) is 0 Å². The van der Waals surface area contributed by atoms with Crippen LogP contribution in [0.3, 0.4) is 0 Å². The first-order chi connectivity index (χ1) is 17.2. The molecular weight excluding hydrogens is 499 g/mol. The Balaban J connectivity index is 1.40. The van der Waals surface area contributed by atoms with E-state index in [1.165, 1.54) is 6.20 Å². The molecule has 1 atom stereocenters. The van der Waals surface area contributed by atoms with Gasteiger partial charge in [-0.2, -0.15) is 4.98 Å². The molecule has 1 saturated heterocycles. The zero-order valence-electron chi connectivity index (χ0n) is 19.5. The van der Waals surface area contributed by atoms with Crippen LogP contribution in [0.25, 0.3) is 11.2 Å². The standard InChI is InChI=1S/C22H26F3N7O3S/c1-36(33,34)31-14-4-2-13(3-5-14)27-21-26-10-18-20(30-21)32(15-6-7-35-11-15)22(28-18)29-19-16(24)8-12(23)9-17(19)25/h8-10,13-15,31H,2-7,11H2,1H3,(H,28,29)(H,26,27,30). The molecule has 194 valence electrons. The van der Waals surface area contributed by atoms with Crippen LogP contribution in [0.5, 0.6) is 0 Å². The molecule has 1 aromatic carbocycles. The minimum absolute atomic E-state index is 0.0613. The van der Waals surface area contributed by atoms with Crippen LogP contribution in [-0.2, 0) is 14.8 Å². The summed E-state index contributed by atoms with van der Waals surface area (Å²) in [4.78, 5) is 13.4. The minimum Gasteiger partial charge on any atom is -0.379 e. The fourth-order valence-electron chi connectivity index (χ4n) is 4.73. The number of ether oxygens (including phenoxy) is 1. The molecule has 10 nitrogen and oxygen atoms in total. The van der Waals surface area contributed by atoms with Crippen molar-refractivity contribution in [3.63, 3.8) is 0 Å². The Kier molecular flexibility index (Phi) is 6.74.